The van der Waals surface area contributed by atoms with E-state index in [0.29, 0.717) is 25.1 Å². The number of benzene rings is 1. The molecule has 1 aromatic carbocycles. The molecule has 0 aliphatic carbocycles. The number of aromatic nitrogens is 2. The van der Waals surface area contributed by atoms with E-state index in [2.05, 4.69) is 4.98 Å². The number of nitrogens with one attached hydrogen (secondary N) is 1. The second kappa shape index (κ2) is 12.9. The first-order valence-corrected chi connectivity index (χ1v) is 12.0. The summed E-state index contributed by atoms with van der Waals surface area (Å²) in [7, 11) is 0. The van der Waals surface area contributed by atoms with Gasteiger partial charge in [-0.25, -0.2) is 4.79 Å². The SMILES string of the molecule is CCCCN(C(=O)COC(=O)CCSc1ccc(C)cc1)c1c(N)n(CCC)c(=O)[nH]c1=O. The van der Waals surface area contributed by atoms with E-state index >= 15 is 0 Å². The van der Waals surface area contributed by atoms with Crippen LogP contribution in [-0.4, -0.2) is 40.3 Å². The largest absolute Gasteiger partial charge is 0.456 e. The molecule has 2 rings (SSSR count). The van der Waals surface area contributed by atoms with Crippen LogP contribution < -0.4 is 21.9 Å². The highest BCUT2D eigenvalue weighted by atomic mass is 32.2. The van der Waals surface area contributed by atoms with Gasteiger partial charge < -0.3 is 15.4 Å². The van der Waals surface area contributed by atoms with Crippen LogP contribution >= 0.6 is 11.8 Å². The molecule has 0 atom stereocenters. The summed E-state index contributed by atoms with van der Waals surface area (Å²) < 4.78 is 6.39. The number of thioether (sulfide) groups is 1. The molecule has 0 fully saturated rings. The average molecular weight is 477 g/mol. The number of H-pyrrole nitrogens is 1. The van der Waals surface area contributed by atoms with Crippen LogP contribution in [0.25, 0.3) is 0 Å². The first kappa shape index (κ1) is 26.2. The molecule has 0 aliphatic rings. The molecule has 0 unspecified atom stereocenters. The van der Waals surface area contributed by atoms with Gasteiger partial charge in [0.15, 0.2) is 12.3 Å². The van der Waals surface area contributed by atoms with Crippen molar-refractivity contribution >= 4 is 35.1 Å². The number of nitrogens with two attached hydrogens (primary N) is 1. The Balaban J connectivity index is 2.05. The molecule has 0 saturated carbocycles. The van der Waals surface area contributed by atoms with Crippen molar-refractivity contribution in [1.82, 2.24) is 9.55 Å². The average Bonchev–Trinajstić information content (AvgIpc) is 2.78. The quantitative estimate of drug-likeness (QED) is 0.356. The Morgan fingerprint density at radius 2 is 1.85 bits per heavy atom. The highest BCUT2D eigenvalue weighted by Gasteiger charge is 2.24. The third kappa shape index (κ3) is 7.52. The maximum absolute atomic E-state index is 12.9. The standard InChI is InChI=1S/C23H32N4O5S/c1-4-6-13-26(20-21(24)27(12-5-2)23(31)25-22(20)30)18(28)15-32-19(29)11-14-33-17-9-7-16(3)8-10-17/h7-10H,4-6,11-15,24H2,1-3H3,(H,25,30,31). The number of hydrogen-bond donors (Lipinski definition) is 2. The van der Waals surface area contributed by atoms with Crippen molar-refractivity contribution in [3.8, 4) is 0 Å². The highest BCUT2D eigenvalue weighted by molar-refractivity contribution is 7.99. The Kier molecular flexibility index (Phi) is 10.2. The molecule has 1 heterocycles. The Morgan fingerprint density at radius 1 is 1.15 bits per heavy atom. The van der Waals surface area contributed by atoms with Crippen LogP contribution in [0.4, 0.5) is 11.5 Å². The van der Waals surface area contributed by atoms with E-state index in [4.69, 9.17) is 10.5 Å². The number of carbonyl (C=O) groups is 2. The van der Waals surface area contributed by atoms with Crippen molar-refractivity contribution in [2.24, 2.45) is 0 Å². The monoisotopic (exact) mass is 476 g/mol. The third-order valence-corrected chi connectivity index (χ3v) is 5.93. The maximum atomic E-state index is 12.9. The number of carbonyl (C=O) groups excluding carboxylic acids is 2. The van der Waals surface area contributed by atoms with Gasteiger partial charge in [0, 0.05) is 23.7 Å². The number of aryl methyl sites for hydroxylation is 1. The van der Waals surface area contributed by atoms with Crippen molar-refractivity contribution in [2.45, 2.75) is 57.9 Å². The molecule has 10 heteroatoms. The summed E-state index contributed by atoms with van der Waals surface area (Å²) in [5.41, 5.74) is 5.82. The van der Waals surface area contributed by atoms with Crippen LogP contribution in [0.3, 0.4) is 0 Å². The minimum atomic E-state index is -0.741. The summed E-state index contributed by atoms with van der Waals surface area (Å²) in [6.45, 7) is 5.83. The topological polar surface area (TPSA) is 127 Å². The molecule has 1 amide bonds. The van der Waals surface area contributed by atoms with Gasteiger partial charge in [0.2, 0.25) is 0 Å². The normalized spacial score (nSPS) is 10.8. The number of amides is 1. The highest BCUT2D eigenvalue weighted by Crippen LogP contribution is 2.20. The molecule has 180 valence electrons. The Hall–Kier alpha value is -3.01. The van der Waals surface area contributed by atoms with E-state index in [1.807, 2.05) is 45.0 Å². The third-order valence-electron chi connectivity index (χ3n) is 4.92. The molecule has 9 nitrogen and oxygen atoms in total. The predicted octanol–water partition coefficient (Wildman–Crippen LogP) is 2.70. The summed E-state index contributed by atoms with van der Waals surface area (Å²) in [6, 6.07) is 7.98. The fraction of sp³-hybridized carbons (Fsp3) is 0.478. The van der Waals surface area contributed by atoms with Crippen molar-refractivity contribution in [2.75, 3.05) is 29.5 Å². The summed E-state index contributed by atoms with van der Waals surface area (Å²) in [5, 5.41) is 0. The fourth-order valence-electron chi connectivity index (χ4n) is 3.14. The van der Waals surface area contributed by atoms with E-state index in [9.17, 15) is 19.2 Å². The van der Waals surface area contributed by atoms with Crippen LogP contribution in [0, 0.1) is 6.92 Å². The molecule has 0 saturated heterocycles. The van der Waals surface area contributed by atoms with Gasteiger partial charge in [-0.1, -0.05) is 38.0 Å². The first-order chi connectivity index (χ1) is 15.8. The number of hydrogen-bond acceptors (Lipinski definition) is 7. The van der Waals surface area contributed by atoms with Gasteiger partial charge in [-0.05, 0) is 31.9 Å². The van der Waals surface area contributed by atoms with Crippen LogP contribution in [0.15, 0.2) is 38.8 Å². The summed E-state index contributed by atoms with van der Waals surface area (Å²) in [5.74, 6) is -0.626. The van der Waals surface area contributed by atoms with Crippen molar-refractivity contribution in [3.05, 3.63) is 50.7 Å². The molecule has 3 N–H and O–H groups in total. The molecule has 33 heavy (non-hydrogen) atoms. The number of nitrogen functional groups attached to an aromatic ring is 1. The van der Waals surface area contributed by atoms with E-state index in [1.54, 1.807) is 0 Å². The number of esters is 1. The van der Waals surface area contributed by atoms with Gasteiger partial charge >= 0.3 is 11.7 Å². The van der Waals surface area contributed by atoms with Crippen LogP contribution in [0.2, 0.25) is 0 Å². The zero-order chi connectivity index (χ0) is 24.4. The molecule has 1 aromatic heterocycles. The van der Waals surface area contributed by atoms with E-state index in [1.165, 1.54) is 21.2 Å². The van der Waals surface area contributed by atoms with Crippen LogP contribution in [0.5, 0.6) is 0 Å². The predicted molar refractivity (Wildman–Crippen MR) is 131 cm³/mol. The van der Waals surface area contributed by atoms with Crippen LogP contribution in [-0.2, 0) is 20.9 Å². The molecule has 0 spiro atoms. The number of rotatable bonds is 12. The summed E-state index contributed by atoms with van der Waals surface area (Å²) in [4.78, 5) is 54.1. The molecule has 0 aliphatic heterocycles. The lowest BCUT2D eigenvalue weighted by atomic mass is 10.2. The van der Waals surface area contributed by atoms with E-state index < -0.39 is 29.7 Å². The number of aromatic amines is 1. The number of unbranched alkanes of at least 4 members (excludes halogenated alkanes) is 1. The Labute approximate surface area is 197 Å². The maximum Gasteiger partial charge on any atom is 0.330 e. The first-order valence-electron chi connectivity index (χ1n) is 11.1. The van der Waals surface area contributed by atoms with Crippen molar-refractivity contribution in [3.63, 3.8) is 0 Å². The Bertz CT molecular complexity index is 1060. The smallest absolute Gasteiger partial charge is 0.330 e. The minimum absolute atomic E-state index is 0.0733. The number of ether oxygens (including phenoxy) is 1. The number of nitrogens with zero attached hydrogens (tertiary/aromatic N) is 2. The lowest BCUT2D eigenvalue weighted by Crippen LogP contribution is -2.43. The second-order valence-electron chi connectivity index (χ2n) is 7.62. The molecule has 0 radical (unpaired) electrons. The van der Waals surface area contributed by atoms with E-state index in [0.717, 1.165) is 16.9 Å². The Morgan fingerprint density at radius 3 is 2.48 bits per heavy atom. The zero-order valence-electron chi connectivity index (χ0n) is 19.4. The zero-order valence-corrected chi connectivity index (χ0v) is 20.2. The van der Waals surface area contributed by atoms with Gasteiger partial charge in [-0.3, -0.25) is 23.9 Å². The van der Waals surface area contributed by atoms with E-state index in [-0.39, 0.29) is 24.5 Å². The summed E-state index contributed by atoms with van der Waals surface area (Å²) >= 11 is 1.53. The second-order valence-corrected chi connectivity index (χ2v) is 8.78. The van der Waals surface area contributed by atoms with Gasteiger partial charge in [0.1, 0.15) is 5.82 Å². The molecule has 2 aromatic rings. The van der Waals surface area contributed by atoms with Gasteiger partial charge in [0.05, 0.1) is 6.42 Å². The van der Waals surface area contributed by atoms with Gasteiger partial charge in [-0.15, -0.1) is 11.8 Å². The van der Waals surface area contributed by atoms with Gasteiger partial charge in [-0.2, -0.15) is 0 Å². The van der Waals surface area contributed by atoms with Crippen molar-refractivity contribution in [1.29, 1.82) is 0 Å². The fourth-order valence-corrected chi connectivity index (χ4v) is 3.97. The summed E-state index contributed by atoms with van der Waals surface area (Å²) in [6.07, 6.45) is 2.15. The number of anilines is 2. The molecular weight excluding hydrogens is 444 g/mol. The minimum Gasteiger partial charge on any atom is -0.456 e. The van der Waals surface area contributed by atoms with Gasteiger partial charge in [0.25, 0.3) is 11.5 Å². The van der Waals surface area contributed by atoms with Crippen molar-refractivity contribution < 1.29 is 14.3 Å². The molecule has 0 bridgehead atoms. The molecular formula is C23H32N4O5S. The lowest BCUT2D eigenvalue weighted by Gasteiger charge is -2.24. The lowest BCUT2D eigenvalue weighted by molar-refractivity contribution is -0.147. The van der Waals surface area contributed by atoms with Crippen LogP contribution in [0.1, 0.15) is 45.1 Å².